The van der Waals surface area contributed by atoms with Crippen LogP contribution in [0.2, 0.25) is 0 Å². The molecule has 92 valence electrons. The number of esters is 1. The van der Waals surface area contributed by atoms with Gasteiger partial charge in [0.2, 0.25) is 0 Å². The predicted molar refractivity (Wildman–Crippen MR) is 68.0 cm³/mol. The van der Waals surface area contributed by atoms with E-state index in [2.05, 4.69) is 17.4 Å². The van der Waals surface area contributed by atoms with E-state index in [-0.39, 0.29) is 5.97 Å². The standard InChI is InChI=1S/C14H19NO2/c1-3-14(13(16)17-4-2)9-11-7-5-6-8-12(11)15-10-14/h5-8,15H,3-4,9-10H2,1-2H3/t14-/m1/s1. The molecule has 0 aliphatic carbocycles. The summed E-state index contributed by atoms with van der Waals surface area (Å²) in [5.74, 6) is -0.0792. The summed E-state index contributed by atoms with van der Waals surface area (Å²) < 4.78 is 5.21. The number of hydrogen-bond acceptors (Lipinski definition) is 3. The Morgan fingerprint density at radius 1 is 1.41 bits per heavy atom. The maximum Gasteiger partial charge on any atom is 0.314 e. The lowest BCUT2D eigenvalue weighted by molar-refractivity contribution is -0.155. The SMILES string of the molecule is CCOC(=O)[C@@]1(CC)CNc2ccccc2C1. The number of hydrogen-bond donors (Lipinski definition) is 1. The van der Waals surface area contributed by atoms with Crippen LogP contribution in [0.15, 0.2) is 24.3 Å². The molecule has 3 nitrogen and oxygen atoms in total. The number of fused-ring (bicyclic) bond motifs is 1. The quantitative estimate of drug-likeness (QED) is 0.816. The molecule has 1 atom stereocenters. The molecule has 3 heteroatoms. The van der Waals surface area contributed by atoms with E-state index in [1.807, 2.05) is 26.0 Å². The summed E-state index contributed by atoms with van der Waals surface area (Å²) >= 11 is 0. The average Bonchev–Trinajstić information content (AvgIpc) is 2.38. The van der Waals surface area contributed by atoms with E-state index < -0.39 is 5.41 Å². The largest absolute Gasteiger partial charge is 0.466 e. The van der Waals surface area contributed by atoms with Crippen LogP contribution in [0.25, 0.3) is 0 Å². The predicted octanol–water partition coefficient (Wildman–Crippen LogP) is 2.61. The van der Waals surface area contributed by atoms with Gasteiger partial charge in [-0.25, -0.2) is 0 Å². The normalized spacial score (nSPS) is 22.5. The van der Waals surface area contributed by atoms with Crippen molar-refractivity contribution in [2.45, 2.75) is 26.7 Å². The van der Waals surface area contributed by atoms with Gasteiger partial charge in [-0.3, -0.25) is 4.79 Å². The zero-order valence-electron chi connectivity index (χ0n) is 10.5. The summed E-state index contributed by atoms with van der Waals surface area (Å²) in [7, 11) is 0. The van der Waals surface area contributed by atoms with Gasteiger partial charge in [-0.05, 0) is 31.4 Å². The van der Waals surface area contributed by atoms with Crippen molar-refractivity contribution in [1.82, 2.24) is 0 Å². The number of benzene rings is 1. The first-order valence-corrected chi connectivity index (χ1v) is 6.21. The first kappa shape index (κ1) is 12.0. The third kappa shape index (κ3) is 2.14. The maximum absolute atomic E-state index is 12.1. The van der Waals surface area contributed by atoms with Gasteiger partial charge in [-0.2, -0.15) is 0 Å². The fourth-order valence-corrected chi connectivity index (χ4v) is 2.36. The fraction of sp³-hybridized carbons (Fsp3) is 0.500. The minimum absolute atomic E-state index is 0.0792. The van der Waals surface area contributed by atoms with Gasteiger partial charge in [0.15, 0.2) is 0 Å². The summed E-state index contributed by atoms with van der Waals surface area (Å²) in [5, 5.41) is 3.34. The van der Waals surface area contributed by atoms with Gasteiger partial charge in [-0.1, -0.05) is 25.1 Å². The first-order valence-electron chi connectivity index (χ1n) is 6.21. The lowest BCUT2D eigenvalue weighted by Crippen LogP contribution is -2.43. The third-order valence-electron chi connectivity index (χ3n) is 3.55. The number of para-hydroxylation sites is 1. The molecule has 0 spiro atoms. The molecule has 0 saturated heterocycles. The van der Waals surface area contributed by atoms with Crippen molar-refractivity contribution in [3.63, 3.8) is 0 Å². The lowest BCUT2D eigenvalue weighted by atomic mass is 9.76. The summed E-state index contributed by atoms with van der Waals surface area (Å²) in [5.41, 5.74) is 1.94. The number of rotatable bonds is 3. The third-order valence-corrected chi connectivity index (χ3v) is 3.55. The monoisotopic (exact) mass is 233 g/mol. The topological polar surface area (TPSA) is 38.3 Å². The summed E-state index contributed by atoms with van der Waals surface area (Å²) in [6.07, 6.45) is 1.57. The zero-order chi connectivity index (χ0) is 12.3. The van der Waals surface area contributed by atoms with Gasteiger partial charge < -0.3 is 10.1 Å². The highest BCUT2D eigenvalue weighted by molar-refractivity contribution is 5.79. The molecule has 1 heterocycles. The van der Waals surface area contributed by atoms with Crippen molar-refractivity contribution >= 4 is 11.7 Å². The van der Waals surface area contributed by atoms with Crippen LogP contribution in [0.3, 0.4) is 0 Å². The maximum atomic E-state index is 12.1. The second-order valence-corrected chi connectivity index (χ2v) is 4.54. The molecule has 0 unspecified atom stereocenters. The number of carbonyl (C=O) groups excluding carboxylic acids is 1. The fourth-order valence-electron chi connectivity index (χ4n) is 2.36. The van der Waals surface area contributed by atoms with Gasteiger partial charge in [0.1, 0.15) is 0 Å². The Labute approximate surface area is 102 Å². The van der Waals surface area contributed by atoms with E-state index in [1.165, 1.54) is 5.56 Å². The summed E-state index contributed by atoms with van der Waals surface area (Å²) in [4.78, 5) is 12.1. The van der Waals surface area contributed by atoms with Crippen LogP contribution in [0, 0.1) is 5.41 Å². The van der Waals surface area contributed by atoms with E-state index >= 15 is 0 Å². The number of nitrogens with one attached hydrogen (secondary N) is 1. The summed E-state index contributed by atoms with van der Waals surface area (Å²) in [6, 6.07) is 8.15. The molecule has 1 aliphatic rings. The number of anilines is 1. The van der Waals surface area contributed by atoms with Crippen molar-refractivity contribution in [3.05, 3.63) is 29.8 Å². The van der Waals surface area contributed by atoms with Crippen LogP contribution in [-0.2, 0) is 16.0 Å². The minimum Gasteiger partial charge on any atom is -0.466 e. The molecule has 0 bridgehead atoms. The minimum atomic E-state index is -0.398. The van der Waals surface area contributed by atoms with Crippen molar-refractivity contribution in [3.8, 4) is 0 Å². The molecule has 1 aromatic rings. The van der Waals surface area contributed by atoms with Gasteiger partial charge in [0, 0.05) is 12.2 Å². The average molecular weight is 233 g/mol. The van der Waals surface area contributed by atoms with E-state index in [4.69, 9.17) is 4.74 Å². The van der Waals surface area contributed by atoms with Crippen molar-refractivity contribution < 1.29 is 9.53 Å². The van der Waals surface area contributed by atoms with E-state index in [0.29, 0.717) is 13.2 Å². The molecule has 1 aromatic carbocycles. The molecule has 0 saturated carbocycles. The molecule has 0 radical (unpaired) electrons. The molecule has 2 rings (SSSR count). The van der Waals surface area contributed by atoms with Gasteiger partial charge in [0.05, 0.1) is 12.0 Å². The van der Waals surface area contributed by atoms with Gasteiger partial charge in [0.25, 0.3) is 0 Å². The highest BCUT2D eigenvalue weighted by Crippen LogP contribution is 2.36. The van der Waals surface area contributed by atoms with Crippen molar-refractivity contribution in [2.24, 2.45) is 5.41 Å². The van der Waals surface area contributed by atoms with Crippen molar-refractivity contribution in [2.75, 3.05) is 18.5 Å². The second-order valence-electron chi connectivity index (χ2n) is 4.54. The molecular weight excluding hydrogens is 214 g/mol. The van der Waals surface area contributed by atoms with Gasteiger partial charge >= 0.3 is 5.97 Å². The van der Waals surface area contributed by atoms with Crippen LogP contribution in [0.1, 0.15) is 25.8 Å². The molecule has 0 amide bonds. The first-order chi connectivity index (χ1) is 8.22. The zero-order valence-corrected chi connectivity index (χ0v) is 10.5. The van der Waals surface area contributed by atoms with Crippen LogP contribution < -0.4 is 5.32 Å². The lowest BCUT2D eigenvalue weighted by Gasteiger charge is -2.35. The smallest absolute Gasteiger partial charge is 0.314 e. The second kappa shape index (κ2) is 4.78. The number of ether oxygens (including phenoxy) is 1. The Bertz CT molecular complexity index is 416. The molecular formula is C14H19NO2. The molecule has 0 aromatic heterocycles. The van der Waals surface area contributed by atoms with Crippen LogP contribution in [0.5, 0.6) is 0 Å². The Balaban J connectivity index is 2.26. The Hall–Kier alpha value is -1.51. The van der Waals surface area contributed by atoms with E-state index in [9.17, 15) is 4.79 Å². The molecule has 0 fully saturated rings. The Morgan fingerprint density at radius 2 is 2.18 bits per heavy atom. The van der Waals surface area contributed by atoms with Crippen molar-refractivity contribution in [1.29, 1.82) is 0 Å². The molecule has 1 aliphatic heterocycles. The highest BCUT2D eigenvalue weighted by atomic mass is 16.5. The van der Waals surface area contributed by atoms with E-state index in [1.54, 1.807) is 0 Å². The van der Waals surface area contributed by atoms with Crippen LogP contribution >= 0.6 is 0 Å². The molecule has 1 N–H and O–H groups in total. The van der Waals surface area contributed by atoms with Crippen LogP contribution in [0.4, 0.5) is 5.69 Å². The van der Waals surface area contributed by atoms with E-state index in [0.717, 1.165) is 18.5 Å². The summed E-state index contributed by atoms with van der Waals surface area (Å²) in [6.45, 7) is 5.01. The Kier molecular flexibility index (Phi) is 3.36. The Morgan fingerprint density at radius 3 is 2.88 bits per heavy atom. The molecule has 17 heavy (non-hydrogen) atoms. The number of carbonyl (C=O) groups is 1. The van der Waals surface area contributed by atoms with Crippen LogP contribution in [-0.4, -0.2) is 19.1 Å². The van der Waals surface area contributed by atoms with Gasteiger partial charge in [-0.15, -0.1) is 0 Å². The highest BCUT2D eigenvalue weighted by Gasteiger charge is 2.41.